The molecule has 0 spiro atoms. The highest BCUT2D eigenvalue weighted by molar-refractivity contribution is 5.97. The molecule has 1 aliphatic rings. The first kappa shape index (κ1) is 21.1. The molecule has 2 aromatic rings. The number of hydrogen-bond donors (Lipinski definition) is 2. The monoisotopic (exact) mass is 393 g/mol. The Bertz CT molecular complexity index is 797. The second-order valence-electron chi connectivity index (χ2n) is 8.05. The van der Waals surface area contributed by atoms with Crippen molar-refractivity contribution in [1.82, 2.24) is 15.5 Å². The van der Waals surface area contributed by atoms with E-state index in [0.29, 0.717) is 12.1 Å². The predicted molar refractivity (Wildman–Crippen MR) is 115 cm³/mol. The number of benzene rings is 2. The number of likely N-dealkylation sites (tertiary alicyclic amines) is 1. The van der Waals surface area contributed by atoms with E-state index in [0.717, 1.165) is 18.0 Å². The number of rotatable bonds is 7. The molecule has 0 bridgehead atoms. The molecule has 2 N–H and O–H groups in total. The van der Waals surface area contributed by atoms with Crippen molar-refractivity contribution in [3.05, 3.63) is 71.3 Å². The highest BCUT2D eigenvalue weighted by Gasteiger charge is 2.17. The van der Waals surface area contributed by atoms with E-state index in [1.807, 2.05) is 6.07 Å². The van der Waals surface area contributed by atoms with E-state index >= 15 is 0 Å². The molecule has 2 aromatic carbocycles. The largest absolute Gasteiger partial charge is 0.350 e. The van der Waals surface area contributed by atoms with Crippen molar-refractivity contribution in [2.24, 2.45) is 5.92 Å². The van der Waals surface area contributed by atoms with Crippen LogP contribution in [0.5, 0.6) is 0 Å². The molecule has 1 fully saturated rings. The molecule has 0 aliphatic carbocycles. The first-order chi connectivity index (χ1) is 14.0. The fourth-order valence-electron chi connectivity index (χ4n) is 3.52. The first-order valence-corrected chi connectivity index (χ1v) is 10.4. The minimum atomic E-state index is -0.594. The van der Waals surface area contributed by atoms with Gasteiger partial charge in [-0.15, -0.1) is 0 Å². The molecule has 5 nitrogen and oxygen atoms in total. The van der Waals surface area contributed by atoms with Crippen molar-refractivity contribution in [3.63, 3.8) is 0 Å². The van der Waals surface area contributed by atoms with Crippen molar-refractivity contribution in [3.8, 4) is 0 Å². The number of carbonyl (C=O) groups is 2. The second-order valence-corrected chi connectivity index (χ2v) is 8.05. The van der Waals surface area contributed by atoms with E-state index in [1.54, 1.807) is 31.2 Å². The van der Waals surface area contributed by atoms with Gasteiger partial charge in [0.1, 0.15) is 6.04 Å². The molecule has 5 heteroatoms. The Kier molecular flexibility index (Phi) is 7.42. The van der Waals surface area contributed by atoms with E-state index in [4.69, 9.17) is 0 Å². The van der Waals surface area contributed by atoms with Crippen molar-refractivity contribution in [2.75, 3.05) is 13.1 Å². The van der Waals surface area contributed by atoms with Gasteiger partial charge in [-0.2, -0.15) is 0 Å². The Morgan fingerprint density at radius 2 is 1.62 bits per heavy atom. The number of nitrogens with zero attached hydrogens (tertiary/aromatic N) is 1. The van der Waals surface area contributed by atoms with E-state index in [1.165, 1.54) is 31.5 Å². The van der Waals surface area contributed by atoms with Gasteiger partial charge >= 0.3 is 0 Å². The zero-order chi connectivity index (χ0) is 20.6. The highest BCUT2D eigenvalue weighted by atomic mass is 16.2. The van der Waals surface area contributed by atoms with Crippen LogP contribution in [0.15, 0.2) is 54.6 Å². The van der Waals surface area contributed by atoms with Gasteiger partial charge in [0.25, 0.3) is 5.91 Å². The number of amides is 2. The van der Waals surface area contributed by atoms with Crippen LogP contribution >= 0.6 is 0 Å². The second kappa shape index (κ2) is 10.2. The Labute approximate surface area is 173 Å². The van der Waals surface area contributed by atoms with Gasteiger partial charge < -0.3 is 10.6 Å². The first-order valence-electron chi connectivity index (χ1n) is 10.4. The lowest BCUT2D eigenvalue weighted by Gasteiger charge is -2.30. The molecule has 2 amide bonds. The zero-order valence-corrected chi connectivity index (χ0v) is 17.4. The van der Waals surface area contributed by atoms with Gasteiger partial charge in [0.05, 0.1) is 0 Å². The van der Waals surface area contributed by atoms with E-state index in [9.17, 15) is 9.59 Å². The summed E-state index contributed by atoms with van der Waals surface area (Å²) in [6, 6.07) is 16.7. The summed E-state index contributed by atoms with van der Waals surface area (Å²) in [5.74, 6) is 0.405. The third kappa shape index (κ3) is 6.43. The predicted octanol–water partition coefficient (Wildman–Crippen LogP) is 3.35. The van der Waals surface area contributed by atoms with Crippen LogP contribution in [0.2, 0.25) is 0 Å². The summed E-state index contributed by atoms with van der Waals surface area (Å²) in [6.07, 6.45) is 2.56. The molecule has 1 aliphatic heterocycles. The average Bonchev–Trinajstić information content (AvgIpc) is 2.75. The third-order valence-electron chi connectivity index (χ3n) is 5.55. The van der Waals surface area contributed by atoms with E-state index in [-0.39, 0.29) is 11.8 Å². The molecule has 1 unspecified atom stereocenters. The summed E-state index contributed by atoms with van der Waals surface area (Å²) < 4.78 is 0. The van der Waals surface area contributed by atoms with Crippen LogP contribution in [0.4, 0.5) is 0 Å². The Hall–Kier alpha value is -2.66. The quantitative estimate of drug-likeness (QED) is 0.758. The summed E-state index contributed by atoms with van der Waals surface area (Å²) in [5, 5.41) is 5.63. The minimum Gasteiger partial charge on any atom is -0.350 e. The minimum absolute atomic E-state index is 0.194. The van der Waals surface area contributed by atoms with Crippen LogP contribution in [0, 0.1) is 5.92 Å². The molecule has 1 saturated heterocycles. The van der Waals surface area contributed by atoms with Crippen LogP contribution in [-0.2, 0) is 17.9 Å². The van der Waals surface area contributed by atoms with Gasteiger partial charge in [-0.05, 0) is 62.0 Å². The van der Waals surface area contributed by atoms with Gasteiger partial charge in [-0.3, -0.25) is 14.5 Å². The summed E-state index contributed by atoms with van der Waals surface area (Å²) in [4.78, 5) is 27.0. The standard InChI is InChI=1S/C24H31N3O2/c1-18-12-14-27(15-13-18)17-21-10-8-20(9-11-21)16-25-23(28)19(2)26-24(29)22-6-4-3-5-7-22/h3-11,18-19H,12-17H2,1-2H3,(H,25,28)(H,26,29). The van der Waals surface area contributed by atoms with Crippen LogP contribution < -0.4 is 10.6 Å². The molecule has 154 valence electrons. The van der Waals surface area contributed by atoms with Gasteiger partial charge in [-0.25, -0.2) is 0 Å². The van der Waals surface area contributed by atoms with E-state index in [2.05, 4.69) is 46.7 Å². The number of carbonyl (C=O) groups excluding carboxylic acids is 2. The number of piperidine rings is 1. The summed E-state index contributed by atoms with van der Waals surface area (Å²) in [5.41, 5.74) is 2.90. The van der Waals surface area contributed by atoms with Crippen molar-refractivity contribution in [2.45, 2.75) is 45.8 Å². The number of hydrogen-bond acceptors (Lipinski definition) is 3. The summed E-state index contributed by atoms with van der Waals surface area (Å²) in [6.45, 7) is 7.80. The van der Waals surface area contributed by atoms with Gasteiger partial charge in [-0.1, -0.05) is 49.4 Å². The SMILES string of the molecule is CC1CCN(Cc2ccc(CNC(=O)C(C)NC(=O)c3ccccc3)cc2)CC1. The van der Waals surface area contributed by atoms with Crippen LogP contribution in [0.25, 0.3) is 0 Å². The average molecular weight is 394 g/mol. The van der Waals surface area contributed by atoms with Crippen LogP contribution in [0.1, 0.15) is 48.2 Å². The molecular weight excluding hydrogens is 362 g/mol. The fourth-order valence-corrected chi connectivity index (χ4v) is 3.52. The van der Waals surface area contributed by atoms with Crippen molar-refractivity contribution < 1.29 is 9.59 Å². The molecule has 0 saturated carbocycles. The molecule has 1 atom stereocenters. The maximum Gasteiger partial charge on any atom is 0.251 e. The van der Waals surface area contributed by atoms with Gasteiger partial charge in [0, 0.05) is 18.7 Å². The summed E-state index contributed by atoms with van der Waals surface area (Å²) in [7, 11) is 0. The lowest BCUT2D eigenvalue weighted by Crippen LogP contribution is -2.44. The Balaban J connectivity index is 1.43. The molecule has 29 heavy (non-hydrogen) atoms. The molecule has 3 rings (SSSR count). The normalized spacial score (nSPS) is 16.2. The Morgan fingerprint density at radius 3 is 2.28 bits per heavy atom. The number of nitrogens with one attached hydrogen (secondary N) is 2. The van der Waals surface area contributed by atoms with Crippen LogP contribution in [0.3, 0.4) is 0 Å². The lowest BCUT2D eigenvalue weighted by atomic mass is 9.99. The maximum atomic E-state index is 12.3. The van der Waals surface area contributed by atoms with Crippen molar-refractivity contribution >= 4 is 11.8 Å². The fraction of sp³-hybridized carbons (Fsp3) is 0.417. The Morgan fingerprint density at radius 1 is 1.00 bits per heavy atom. The molecule has 1 heterocycles. The maximum absolute atomic E-state index is 12.3. The topological polar surface area (TPSA) is 61.4 Å². The third-order valence-corrected chi connectivity index (χ3v) is 5.55. The van der Waals surface area contributed by atoms with E-state index < -0.39 is 6.04 Å². The summed E-state index contributed by atoms with van der Waals surface area (Å²) >= 11 is 0. The smallest absolute Gasteiger partial charge is 0.251 e. The molecular formula is C24H31N3O2. The lowest BCUT2D eigenvalue weighted by molar-refractivity contribution is -0.122. The van der Waals surface area contributed by atoms with Crippen molar-refractivity contribution in [1.29, 1.82) is 0 Å². The van der Waals surface area contributed by atoms with Gasteiger partial charge in [0.15, 0.2) is 0 Å². The highest BCUT2D eigenvalue weighted by Crippen LogP contribution is 2.18. The van der Waals surface area contributed by atoms with Crippen LogP contribution in [-0.4, -0.2) is 35.8 Å². The molecule has 0 aromatic heterocycles. The van der Waals surface area contributed by atoms with Gasteiger partial charge in [0.2, 0.25) is 5.91 Å². The zero-order valence-electron chi connectivity index (χ0n) is 17.4. The molecule has 0 radical (unpaired) electrons.